The van der Waals surface area contributed by atoms with Crippen molar-refractivity contribution in [1.29, 1.82) is 5.26 Å². The van der Waals surface area contributed by atoms with Gasteiger partial charge in [0.15, 0.2) is 6.23 Å². The third kappa shape index (κ3) is 7.95. The highest BCUT2D eigenvalue weighted by atomic mass is 16.6. The maximum absolute atomic E-state index is 12.7. The summed E-state index contributed by atoms with van der Waals surface area (Å²) in [5.41, 5.74) is 11.3. The van der Waals surface area contributed by atoms with Crippen LogP contribution in [0.3, 0.4) is 0 Å². The van der Waals surface area contributed by atoms with E-state index in [4.69, 9.17) is 15.5 Å². The lowest BCUT2D eigenvalue weighted by molar-refractivity contribution is -0.154. The number of nitriles is 1. The average molecular weight is 579 g/mol. The first-order valence-corrected chi connectivity index (χ1v) is 14.3. The van der Waals surface area contributed by atoms with E-state index in [1.165, 1.54) is 6.08 Å². The number of ether oxygens (including phenoxy) is 1. The summed E-state index contributed by atoms with van der Waals surface area (Å²) in [5.74, 6) is -0.417. The summed E-state index contributed by atoms with van der Waals surface area (Å²) >= 11 is 0. The first-order chi connectivity index (χ1) is 20.5. The zero-order valence-corrected chi connectivity index (χ0v) is 25.2. The van der Waals surface area contributed by atoms with Crippen LogP contribution < -0.4 is 11.1 Å². The van der Waals surface area contributed by atoms with Gasteiger partial charge in [-0.05, 0) is 74.8 Å². The third-order valence-corrected chi connectivity index (χ3v) is 6.88. The molecule has 43 heavy (non-hydrogen) atoms. The van der Waals surface area contributed by atoms with E-state index in [1.807, 2.05) is 92.1 Å². The highest BCUT2D eigenvalue weighted by Crippen LogP contribution is 2.35. The number of rotatable bonds is 11. The third-order valence-electron chi connectivity index (χ3n) is 6.88. The number of fused-ring (bicyclic) bond motifs is 1. The molecule has 4 aromatic rings. The molecule has 222 valence electrons. The topological polar surface area (TPSA) is 126 Å². The number of amides is 1. The number of esters is 1. The number of carbonyl (C=O) groups excluding carboxylic acids is 2. The van der Waals surface area contributed by atoms with E-state index in [1.54, 1.807) is 25.3 Å². The van der Waals surface area contributed by atoms with Crippen LogP contribution in [-0.4, -0.2) is 53.0 Å². The Bertz CT molecular complexity index is 1680. The van der Waals surface area contributed by atoms with Crippen LogP contribution in [0.15, 0.2) is 79.1 Å². The van der Waals surface area contributed by atoms with Crippen LogP contribution in [-0.2, 0) is 14.3 Å². The number of nitrogens with two attached hydrogens (primary N) is 1. The number of aromatic nitrogens is 2. The average Bonchev–Trinajstić information content (AvgIpc) is 3.36. The van der Waals surface area contributed by atoms with Gasteiger partial charge in [-0.3, -0.25) is 14.2 Å². The van der Waals surface area contributed by atoms with E-state index < -0.39 is 18.2 Å². The molecule has 2 aromatic heterocycles. The fourth-order valence-corrected chi connectivity index (χ4v) is 4.80. The lowest BCUT2D eigenvalue weighted by atomic mass is 10.0. The Morgan fingerprint density at radius 3 is 2.56 bits per heavy atom. The van der Waals surface area contributed by atoms with Crippen LogP contribution in [0.4, 0.5) is 5.69 Å². The minimum absolute atomic E-state index is 0.207. The molecule has 4 rings (SSSR count). The van der Waals surface area contributed by atoms with E-state index in [0.29, 0.717) is 29.9 Å². The van der Waals surface area contributed by atoms with Gasteiger partial charge in [0.1, 0.15) is 11.7 Å². The molecule has 2 atom stereocenters. The Kier molecular flexibility index (Phi) is 10.1. The van der Waals surface area contributed by atoms with Gasteiger partial charge < -0.3 is 20.7 Å². The van der Waals surface area contributed by atoms with Crippen LogP contribution in [0.2, 0.25) is 0 Å². The van der Waals surface area contributed by atoms with Crippen LogP contribution in [0.25, 0.3) is 33.3 Å². The Morgan fingerprint density at radius 2 is 1.84 bits per heavy atom. The Morgan fingerprint density at radius 1 is 1.09 bits per heavy atom. The van der Waals surface area contributed by atoms with Gasteiger partial charge in [0.2, 0.25) is 5.91 Å². The van der Waals surface area contributed by atoms with E-state index in [9.17, 15) is 14.9 Å². The van der Waals surface area contributed by atoms with Gasteiger partial charge in [-0.1, -0.05) is 44.2 Å². The zero-order valence-electron chi connectivity index (χ0n) is 25.2. The molecule has 9 heteroatoms. The Labute approximate surface area is 252 Å². The number of pyridine rings is 1. The molecule has 0 fully saturated rings. The lowest BCUT2D eigenvalue weighted by Gasteiger charge is -2.19. The first kappa shape index (κ1) is 31.2. The van der Waals surface area contributed by atoms with Crippen molar-refractivity contribution in [3.63, 3.8) is 0 Å². The van der Waals surface area contributed by atoms with Crippen molar-refractivity contribution in [1.82, 2.24) is 14.5 Å². The minimum atomic E-state index is -0.716. The molecule has 2 heterocycles. The van der Waals surface area contributed by atoms with Gasteiger partial charge in [0, 0.05) is 47.2 Å². The fourth-order valence-electron chi connectivity index (χ4n) is 4.80. The smallest absolute Gasteiger partial charge is 0.324 e. The zero-order chi connectivity index (χ0) is 31.1. The number of hydrogen-bond donors (Lipinski definition) is 2. The van der Waals surface area contributed by atoms with Gasteiger partial charge in [0.05, 0.1) is 11.6 Å². The molecule has 1 unspecified atom stereocenters. The van der Waals surface area contributed by atoms with Gasteiger partial charge in [-0.25, -0.2) is 4.98 Å². The second kappa shape index (κ2) is 13.9. The molecule has 0 spiro atoms. The molecule has 0 bridgehead atoms. The molecule has 0 radical (unpaired) electrons. The molecule has 0 aliphatic heterocycles. The predicted octanol–water partition coefficient (Wildman–Crippen LogP) is 5.73. The normalized spacial score (nSPS) is 12.9. The standard InChI is InChI=1S/C34H38N6O3/c1-22(2)15-31(36)34(42)43-23(3)40-21-30(26-11-6-9-24(16-26)19-35)29-18-27(20-37-33(29)40)25-10-7-12-28(17-25)38-32(41)13-8-14-39(4)5/h6-13,16-18,20-23,31H,14-15,36H2,1-5H3,(H,38,41)/b13-8+/t23?,31-/m0/s1. The molecule has 3 N–H and O–H groups in total. The molecule has 2 aromatic carbocycles. The van der Waals surface area contributed by atoms with E-state index in [-0.39, 0.29) is 11.8 Å². The number of carbonyl (C=O) groups is 2. The number of anilines is 1. The van der Waals surface area contributed by atoms with Crippen LogP contribution in [0, 0.1) is 17.2 Å². The summed E-state index contributed by atoms with van der Waals surface area (Å²) in [6.07, 6.45) is 6.83. The van der Waals surface area contributed by atoms with E-state index >= 15 is 0 Å². The van der Waals surface area contributed by atoms with Crippen molar-refractivity contribution in [2.75, 3.05) is 26.0 Å². The largest absolute Gasteiger partial charge is 0.440 e. The number of benzene rings is 2. The number of nitrogens with one attached hydrogen (secondary N) is 1. The SMILES string of the molecule is CC(C)C[C@H](N)C(=O)OC(C)n1cc(-c2cccc(C#N)c2)c2cc(-c3cccc(NC(=O)/C=C/CN(C)C)c3)cnc21. The second-order valence-corrected chi connectivity index (χ2v) is 11.2. The quantitative estimate of drug-likeness (QED) is 0.172. The highest BCUT2D eigenvalue weighted by Gasteiger charge is 2.23. The molecule has 1 amide bonds. The van der Waals surface area contributed by atoms with Crippen molar-refractivity contribution in [2.45, 2.75) is 39.5 Å². The number of nitrogens with zero attached hydrogens (tertiary/aromatic N) is 4. The summed E-state index contributed by atoms with van der Waals surface area (Å²) in [6, 6.07) is 18.4. The van der Waals surface area contributed by atoms with Crippen molar-refractivity contribution < 1.29 is 14.3 Å². The van der Waals surface area contributed by atoms with Crippen molar-refractivity contribution in [2.24, 2.45) is 11.7 Å². The maximum Gasteiger partial charge on any atom is 0.324 e. The molecule has 9 nitrogen and oxygen atoms in total. The summed E-state index contributed by atoms with van der Waals surface area (Å²) in [4.78, 5) is 31.9. The molecule has 0 aliphatic rings. The lowest BCUT2D eigenvalue weighted by Crippen LogP contribution is -2.34. The summed E-state index contributed by atoms with van der Waals surface area (Å²) in [6.45, 7) is 6.46. The molecule has 0 saturated carbocycles. The fraction of sp³-hybridized carbons (Fsp3) is 0.294. The van der Waals surface area contributed by atoms with Crippen LogP contribution in [0.5, 0.6) is 0 Å². The maximum atomic E-state index is 12.7. The predicted molar refractivity (Wildman–Crippen MR) is 170 cm³/mol. The van der Waals surface area contributed by atoms with Gasteiger partial charge in [0.25, 0.3) is 0 Å². The summed E-state index contributed by atoms with van der Waals surface area (Å²) in [5, 5.41) is 13.2. The van der Waals surface area contributed by atoms with E-state index in [2.05, 4.69) is 11.4 Å². The van der Waals surface area contributed by atoms with Gasteiger partial charge in [-0.2, -0.15) is 5.26 Å². The number of likely N-dealkylation sites (N-methyl/N-ethyl adjacent to an activating group) is 1. The Hall–Kier alpha value is -4.78. The van der Waals surface area contributed by atoms with E-state index in [0.717, 1.165) is 27.6 Å². The summed E-state index contributed by atoms with van der Waals surface area (Å²) in [7, 11) is 3.88. The Balaban J connectivity index is 1.72. The van der Waals surface area contributed by atoms with Crippen LogP contribution in [0.1, 0.15) is 39.0 Å². The monoisotopic (exact) mass is 578 g/mol. The first-order valence-electron chi connectivity index (χ1n) is 14.3. The van der Waals surface area contributed by atoms with Gasteiger partial charge >= 0.3 is 5.97 Å². The number of hydrogen-bond acceptors (Lipinski definition) is 7. The highest BCUT2D eigenvalue weighted by molar-refractivity contribution is 6.00. The van der Waals surface area contributed by atoms with Crippen molar-refractivity contribution in [3.8, 4) is 28.3 Å². The van der Waals surface area contributed by atoms with Crippen molar-refractivity contribution >= 4 is 28.6 Å². The molecular formula is C34H38N6O3. The molecule has 0 aliphatic carbocycles. The molecular weight excluding hydrogens is 540 g/mol. The molecule has 0 saturated heterocycles. The summed E-state index contributed by atoms with van der Waals surface area (Å²) < 4.78 is 7.58. The van der Waals surface area contributed by atoms with Crippen molar-refractivity contribution in [3.05, 3.63) is 84.7 Å². The van der Waals surface area contributed by atoms with Gasteiger partial charge in [-0.15, -0.1) is 0 Å². The minimum Gasteiger partial charge on any atom is -0.440 e. The van der Waals surface area contributed by atoms with Crippen LogP contribution >= 0.6 is 0 Å². The second-order valence-electron chi connectivity index (χ2n) is 11.2.